The van der Waals surface area contributed by atoms with Crippen molar-refractivity contribution in [3.63, 3.8) is 0 Å². The Hall–Kier alpha value is -1.90. The second-order valence-electron chi connectivity index (χ2n) is 6.17. The highest BCUT2D eigenvalue weighted by atomic mass is 32.2. The molecule has 1 aliphatic heterocycles. The number of hydrogen-bond donors (Lipinski definition) is 3. The van der Waals surface area contributed by atoms with E-state index in [1.165, 1.54) is 11.8 Å². The average Bonchev–Trinajstić information content (AvgIpc) is 2.97. The van der Waals surface area contributed by atoms with Gasteiger partial charge in [0.25, 0.3) is 0 Å². The summed E-state index contributed by atoms with van der Waals surface area (Å²) < 4.78 is 5.92. The van der Waals surface area contributed by atoms with Gasteiger partial charge < -0.3 is 4.74 Å². The Morgan fingerprint density at radius 1 is 1.38 bits per heavy atom. The van der Waals surface area contributed by atoms with Crippen molar-refractivity contribution in [3.05, 3.63) is 33.6 Å². The molecule has 1 aromatic heterocycles. The Morgan fingerprint density at radius 2 is 2.15 bits per heavy atom. The number of hydrogen-bond acceptors (Lipinski definition) is 7. The number of aromatic nitrogens is 1. The molecule has 0 atom stereocenters. The highest BCUT2D eigenvalue weighted by Gasteiger charge is 2.24. The lowest BCUT2D eigenvalue weighted by molar-refractivity contribution is 0.278. The molecule has 0 spiro atoms. The summed E-state index contributed by atoms with van der Waals surface area (Å²) in [7, 11) is 1.82. The van der Waals surface area contributed by atoms with Gasteiger partial charge in [-0.2, -0.15) is 0 Å². The van der Waals surface area contributed by atoms with Crippen molar-refractivity contribution in [2.24, 2.45) is 0 Å². The van der Waals surface area contributed by atoms with Crippen LogP contribution >= 0.6 is 23.1 Å². The zero-order valence-corrected chi connectivity index (χ0v) is 17.0. The third-order valence-electron chi connectivity index (χ3n) is 4.19. The summed E-state index contributed by atoms with van der Waals surface area (Å²) in [6.45, 7) is 4.65. The summed E-state index contributed by atoms with van der Waals surface area (Å²) >= 11 is 2.96. The Balaban J connectivity index is 2.01. The van der Waals surface area contributed by atoms with Gasteiger partial charge in [0.2, 0.25) is 0 Å². The van der Waals surface area contributed by atoms with Crippen LogP contribution in [0.2, 0.25) is 0 Å². The molecule has 26 heavy (non-hydrogen) atoms. The molecule has 0 bridgehead atoms. The number of benzene rings is 1. The summed E-state index contributed by atoms with van der Waals surface area (Å²) in [6.07, 6.45) is 2.67. The minimum absolute atomic E-state index is 0.159. The van der Waals surface area contributed by atoms with E-state index in [1.807, 2.05) is 45.4 Å². The normalized spacial score (nSPS) is 12.8. The third-order valence-corrected chi connectivity index (χ3v) is 5.95. The van der Waals surface area contributed by atoms with Crippen LogP contribution in [0.15, 0.2) is 18.2 Å². The Morgan fingerprint density at radius 3 is 2.81 bits per heavy atom. The molecule has 2 aromatic rings. The Kier molecular flexibility index (Phi) is 5.64. The highest BCUT2D eigenvalue weighted by molar-refractivity contribution is 8.13. The van der Waals surface area contributed by atoms with Crippen LogP contribution in [0.4, 0.5) is 0 Å². The lowest BCUT2D eigenvalue weighted by atomic mass is 10.1. The first-order chi connectivity index (χ1) is 12.5. The van der Waals surface area contributed by atoms with Crippen molar-refractivity contribution in [1.29, 1.82) is 10.8 Å². The molecule has 0 amide bonds. The Bertz CT molecular complexity index is 846. The lowest BCUT2D eigenvalue weighted by Crippen LogP contribution is -2.45. The topological polar surface area (TPSA) is 85.1 Å². The molecule has 0 radical (unpaired) electrons. The monoisotopic (exact) mass is 389 g/mol. The first-order valence-electron chi connectivity index (χ1n) is 8.41. The summed E-state index contributed by atoms with van der Waals surface area (Å²) in [5.41, 5.74) is 5.74. The highest BCUT2D eigenvalue weighted by Crippen LogP contribution is 2.38. The summed E-state index contributed by atoms with van der Waals surface area (Å²) in [4.78, 5) is 5.91. The SMILES string of the molecule is CNN(C(=N)c1nc2c(s1)CCOc1cc(C(=N)SC)ccc1-2)C(C)C. The smallest absolute Gasteiger partial charge is 0.172 e. The molecule has 0 unspecified atom stereocenters. The van der Waals surface area contributed by atoms with Gasteiger partial charge in [0.05, 0.1) is 17.3 Å². The largest absolute Gasteiger partial charge is 0.492 e. The minimum Gasteiger partial charge on any atom is -0.492 e. The molecule has 8 heteroatoms. The fourth-order valence-corrected chi connectivity index (χ4v) is 4.28. The van der Waals surface area contributed by atoms with E-state index >= 15 is 0 Å². The molecule has 0 saturated heterocycles. The van der Waals surface area contributed by atoms with E-state index in [9.17, 15) is 0 Å². The van der Waals surface area contributed by atoms with E-state index in [0.29, 0.717) is 22.5 Å². The van der Waals surface area contributed by atoms with Crippen molar-refractivity contribution in [1.82, 2.24) is 15.4 Å². The number of thiazole rings is 1. The van der Waals surface area contributed by atoms with Crippen molar-refractivity contribution in [2.45, 2.75) is 26.3 Å². The van der Waals surface area contributed by atoms with Gasteiger partial charge in [-0.3, -0.25) is 15.8 Å². The number of rotatable bonds is 4. The van der Waals surface area contributed by atoms with Crippen LogP contribution in [0.1, 0.15) is 29.3 Å². The van der Waals surface area contributed by atoms with Gasteiger partial charge >= 0.3 is 0 Å². The van der Waals surface area contributed by atoms with E-state index in [1.54, 1.807) is 16.3 Å². The summed E-state index contributed by atoms with van der Waals surface area (Å²) in [5.74, 6) is 1.14. The van der Waals surface area contributed by atoms with Crippen LogP contribution in [-0.4, -0.2) is 46.8 Å². The standard InChI is InChI=1S/C18H23N5OS2/c1-10(2)23(21-3)16(19)18-22-15-12-6-5-11(17(20)25-4)9-13(12)24-8-7-14(15)26-18/h5-6,9-10,19-21H,7-8H2,1-4H3. The fourth-order valence-electron chi connectivity index (χ4n) is 2.91. The van der Waals surface area contributed by atoms with E-state index in [0.717, 1.165) is 33.9 Å². The zero-order chi connectivity index (χ0) is 18.8. The quantitative estimate of drug-likeness (QED) is 0.423. The second kappa shape index (κ2) is 7.77. The maximum absolute atomic E-state index is 8.50. The predicted octanol–water partition coefficient (Wildman–Crippen LogP) is 3.60. The summed E-state index contributed by atoms with van der Waals surface area (Å²) in [6, 6.07) is 5.99. The van der Waals surface area contributed by atoms with Crippen molar-refractivity contribution in [2.75, 3.05) is 19.9 Å². The summed E-state index contributed by atoms with van der Waals surface area (Å²) in [5, 5.41) is 19.5. The van der Waals surface area contributed by atoms with Crippen LogP contribution in [0.25, 0.3) is 11.3 Å². The minimum atomic E-state index is 0.159. The van der Waals surface area contributed by atoms with E-state index in [-0.39, 0.29) is 6.04 Å². The molecule has 6 nitrogen and oxygen atoms in total. The number of nitrogens with one attached hydrogen (secondary N) is 3. The first kappa shape index (κ1) is 18.9. The zero-order valence-electron chi connectivity index (χ0n) is 15.3. The maximum atomic E-state index is 8.50. The van der Waals surface area contributed by atoms with Gasteiger partial charge in [0.15, 0.2) is 10.8 Å². The number of amidine groups is 1. The van der Waals surface area contributed by atoms with Crippen LogP contribution in [0.3, 0.4) is 0 Å². The number of thioether (sulfide) groups is 1. The van der Waals surface area contributed by atoms with Crippen LogP contribution in [-0.2, 0) is 6.42 Å². The van der Waals surface area contributed by atoms with Gasteiger partial charge in [0, 0.05) is 35.5 Å². The van der Waals surface area contributed by atoms with Crippen molar-refractivity contribution in [3.8, 4) is 17.0 Å². The predicted molar refractivity (Wildman–Crippen MR) is 110 cm³/mol. The van der Waals surface area contributed by atoms with E-state index in [2.05, 4.69) is 5.43 Å². The molecule has 3 rings (SSSR count). The Labute approximate surface area is 162 Å². The maximum Gasteiger partial charge on any atom is 0.172 e. The number of ether oxygens (including phenoxy) is 1. The fraction of sp³-hybridized carbons (Fsp3) is 0.389. The third kappa shape index (κ3) is 3.49. The van der Waals surface area contributed by atoms with Gasteiger partial charge in [-0.15, -0.1) is 23.1 Å². The van der Waals surface area contributed by atoms with Gasteiger partial charge in [-0.05, 0) is 32.2 Å². The molecular weight excluding hydrogens is 366 g/mol. The van der Waals surface area contributed by atoms with E-state index in [4.69, 9.17) is 20.5 Å². The van der Waals surface area contributed by atoms with Crippen LogP contribution in [0.5, 0.6) is 5.75 Å². The molecule has 2 heterocycles. The second-order valence-corrected chi connectivity index (χ2v) is 8.07. The number of hydrazine groups is 1. The van der Waals surface area contributed by atoms with Crippen LogP contribution < -0.4 is 10.2 Å². The number of nitrogens with zero attached hydrogens (tertiary/aromatic N) is 2. The molecule has 3 N–H and O–H groups in total. The lowest BCUT2D eigenvalue weighted by Gasteiger charge is -2.26. The van der Waals surface area contributed by atoms with Crippen molar-refractivity contribution >= 4 is 34.0 Å². The van der Waals surface area contributed by atoms with Crippen LogP contribution in [0, 0.1) is 10.8 Å². The molecule has 0 fully saturated rings. The van der Waals surface area contributed by atoms with Crippen molar-refractivity contribution < 1.29 is 4.74 Å². The number of fused-ring (bicyclic) bond motifs is 3. The van der Waals surface area contributed by atoms with Gasteiger partial charge in [-0.25, -0.2) is 10.4 Å². The molecular formula is C18H23N5OS2. The first-order valence-corrected chi connectivity index (χ1v) is 10.5. The molecule has 0 aliphatic carbocycles. The molecule has 1 aliphatic rings. The molecule has 138 valence electrons. The molecule has 0 saturated carbocycles. The van der Waals surface area contributed by atoms with Gasteiger partial charge in [-0.1, -0.05) is 6.07 Å². The average molecular weight is 390 g/mol. The van der Waals surface area contributed by atoms with E-state index < -0.39 is 0 Å². The molecule has 1 aromatic carbocycles. The van der Waals surface area contributed by atoms with Gasteiger partial charge in [0.1, 0.15) is 5.75 Å².